The number of hydroxylamine groups is 2. The molecule has 1 N–H and O–H groups in total. The third-order valence-corrected chi connectivity index (χ3v) is 6.65. The molecule has 2 aromatic rings. The Morgan fingerprint density at radius 3 is 2.68 bits per heavy atom. The van der Waals surface area contributed by atoms with Crippen LogP contribution in [-0.4, -0.2) is 45.6 Å². The summed E-state index contributed by atoms with van der Waals surface area (Å²) >= 11 is 0. The first-order valence-electron chi connectivity index (χ1n) is 8.93. The van der Waals surface area contributed by atoms with Crippen molar-refractivity contribution >= 4 is 10.0 Å². The second-order valence-corrected chi connectivity index (χ2v) is 8.67. The topological polar surface area (TPSA) is 77.1 Å². The molecule has 0 saturated carbocycles. The molecule has 28 heavy (non-hydrogen) atoms. The lowest BCUT2D eigenvalue weighted by Crippen LogP contribution is -2.39. The van der Waals surface area contributed by atoms with Gasteiger partial charge in [-0.2, -0.15) is 5.06 Å². The predicted octanol–water partition coefficient (Wildman–Crippen LogP) is 2.00. The molecule has 4 rings (SSSR count). The average molecular weight is 408 g/mol. The minimum atomic E-state index is -3.78. The van der Waals surface area contributed by atoms with Crippen molar-refractivity contribution in [3.63, 3.8) is 0 Å². The molecule has 2 aliphatic heterocycles. The summed E-state index contributed by atoms with van der Waals surface area (Å²) < 4.78 is 53.3. The number of rotatable bonds is 5. The maximum absolute atomic E-state index is 13.8. The van der Waals surface area contributed by atoms with Gasteiger partial charge in [-0.25, -0.2) is 17.5 Å². The lowest BCUT2D eigenvalue weighted by Gasteiger charge is -2.25. The van der Waals surface area contributed by atoms with Crippen LogP contribution >= 0.6 is 0 Å². The Kier molecular flexibility index (Phi) is 5.24. The number of nitrogens with one attached hydrogen (secondary N) is 1. The fourth-order valence-electron chi connectivity index (χ4n) is 3.45. The van der Waals surface area contributed by atoms with Gasteiger partial charge in [0.05, 0.1) is 12.6 Å². The van der Waals surface area contributed by atoms with Crippen LogP contribution in [0.4, 0.5) is 4.39 Å². The zero-order chi connectivity index (χ0) is 19.7. The molecule has 1 saturated heterocycles. The molecular formula is C19H21FN2O5S. The molecule has 0 amide bonds. The number of nitrogens with zero attached hydrogens (tertiary/aromatic N) is 1. The van der Waals surface area contributed by atoms with Crippen LogP contribution in [0.2, 0.25) is 0 Å². The van der Waals surface area contributed by atoms with Gasteiger partial charge in [0.1, 0.15) is 24.3 Å². The Balaban J connectivity index is 1.57. The summed E-state index contributed by atoms with van der Waals surface area (Å²) in [5, 5.41) is 0.671. The molecule has 9 heteroatoms. The first-order chi connectivity index (χ1) is 13.5. The first kappa shape index (κ1) is 19.1. The highest BCUT2D eigenvalue weighted by atomic mass is 32.2. The Hall–Kier alpha value is -2.20. The molecule has 150 valence electrons. The molecule has 7 nitrogen and oxygen atoms in total. The van der Waals surface area contributed by atoms with E-state index >= 15 is 0 Å². The van der Waals surface area contributed by atoms with Crippen LogP contribution in [0.25, 0.3) is 0 Å². The number of sulfonamides is 1. The lowest BCUT2D eigenvalue weighted by atomic mass is 10.0. The molecule has 2 atom stereocenters. The van der Waals surface area contributed by atoms with Gasteiger partial charge < -0.3 is 9.47 Å². The molecular weight excluding hydrogens is 387 g/mol. The first-order valence-corrected chi connectivity index (χ1v) is 10.5. The second-order valence-electron chi connectivity index (χ2n) is 6.69. The minimum Gasteiger partial charge on any atom is -0.486 e. The predicted molar refractivity (Wildman–Crippen MR) is 99.8 cm³/mol. The zero-order valence-corrected chi connectivity index (χ0v) is 16.1. The number of hydrogen-bond donors (Lipinski definition) is 1. The van der Waals surface area contributed by atoms with E-state index in [1.807, 2.05) is 6.07 Å². The molecule has 0 aromatic heterocycles. The van der Waals surface area contributed by atoms with Crippen LogP contribution in [0.1, 0.15) is 17.2 Å². The molecule has 2 unspecified atom stereocenters. The van der Waals surface area contributed by atoms with Gasteiger partial charge >= 0.3 is 0 Å². The van der Waals surface area contributed by atoms with Crippen molar-refractivity contribution in [1.82, 2.24) is 9.79 Å². The Morgan fingerprint density at radius 1 is 1.14 bits per heavy atom. The molecule has 0 radical (unpaired) electrons. The number of halogens is 1. The summed E-state index contributed by atoms with van der Waals surface area (Å²) in [6.45, 7) is 0.806. The normalized spacial score (nSPS) is 22.4. The third kappa shape index (κ3) is 3.70. The van der Waals surface area contributed by atoms with Crippen molar-refractivity contribution in [3.8, 4) is 11.5 Å². The maximum atomic E-state index is 13.8. The van der Waals surface area contributed by atoms with Gasteiger partial charge in [-0.05, 0) is 23.8 Å². The van der Waals surface area contributed by atoms with Gasteiger partial charge in [0.2, 0.25) is 10.0 Å². The van der Waals surface area contributed by atoms with Crippen molar-refractivity contribution in [2.24, 2.45) is 0 Å². The van der Waals surface area contributed by atoms with Crippen molar-refractivity contribution in [1.29, 1.82) is 0 Å². The minimum absolute atomic E-state index is 0.00220. The van der Waals surface area contributed by atoms with Gasteiger partial charge in [-0.15, -0.1) is 0 Å². The van der Waals surface area contributed by atoms with E-state index in [1.165, 1.54) is 11.1 Å². The average Bonchev–Trinajstić information content (AvgIpc) is 3.09. The summed E-state index contributed by atoms with van der Waals surface area (Å²) in [6, 6.07) is 10.9. The van der Waals surface area contributed by atoms with Crippen molar-refractivity contribution in [3.05, 3.63) is 59.4 Å². The SMILES string of the molecule is CN1OCC(S(=O)(=O)NCc2ccccc2F)C1c1ccc2c(c1)OCCO2. The van der Waals surface area contributed by atoms with E-state index in [0.717, 1.165) is 5.56 Å². The quantitative estimate of drug-likeness (QED) is 0.816. The van der Waals surface area contributed by atoms with E-state index in [9.17, 15) is 12.8 Å². The van der Waals surface area contributed by atoms with E-state index < -0.39 is 27.1 Å². The molecule has 0 aliphatic carbocycles. The monoisotopic (exact) mass is 408 g/mol. The molecule has 0 spiro atoms. The van der Waals surface area contributed by atoms with Crippen LogP contribution in [0, 0.1) is 5.82 Å². The maximum Gasteiger partial charge on any atom is 0.219 e. The lowest BCUT2D eigenvalue weighted by molar-refractivity contribution is -0.110. The summed E-state index contributed by atoms with van der Waals surface area (Å²) in [5.41, 5.74) is 1.03. The second kappa shape index (κ2) is 7.67. The smallest absolute Gasteiger partial charge is 0.219 e. The Bertz CT molecular complexity index is 969. The largest absolute Gasteiger partial charge is 0.486 e. The van der Waals surface area contributed by atoms with Crippen molar-refractivity contribution in [2.45, 2.75) is 17.8 Å². The van der Waals surface area contributed by atoms with Gasteiger partial charge in [0.15, 0.2) is 11.5 Å². The summed E-state index contributed by atoms with van der Waals surface area (Å²) in [7, 11) is -2.09. The fraction of sp³-hybridized carbons (Fsp3) is 0.368. The van der Waals surface area contributed by atoms with E-state index in [4.69, 9.17) is 14.3 Å². The van der Waals surface area contributed by atoms with Crippen LogP contribution in [-0.2, 0) is 21.4 Å². The van der Waals surface area contributed by atoms with Crippen LogP contribution in [0.3, 0.4) is 0 Å². The summed E-state index contributed by atoms with van der Waals surface area (Å²) in [5.74, 6) is 0.765. The van der Waals surface area contributed by atoms with E-state index in [1.54, 1.807) is 37.4 Å². The highest BCUT2D eigenvalue weighted by Crippen LogP contribution is 2.38. The summed E-state index contributed by atoms with van der Waals surface area (Å²) in [6.07, 6.45) is 0. The van der Waals surface area contributed by atoms with E-state index in [0.29, 0.717) is 24.7 Å². The van der Waals surface area contributed by atoms with Gasteiger partial charge in [0.25, 0.3) is 0 Å². The third-order valence-electron chi connectivity index (χ3n) is 4.91. The van der Waals surface area contributed by atoms with Crippen LogP contribution in [0.5, 0.6) is 11.5 Å². The van der Waals surface area contributed by atoms with Gasteiger partial charge in [0, 0.05) is 19.2 Å². The molecule has 2 aromatic carbocycles. The number of ether oxygens (including phenoxy) is 2. The van der Waals surface area contributed by atoms with Crippen molar-refractivity contribution in [2.75, 3.05) is 26.9 Å². The van der Waals surface area contributed by atoms with Crippen LogP contribution in [0.15, 0.2) is 42.5 Å². The number of benzene rings is 2. The van der Waals surface area contributed by atoms with Gasteiger partial charge in [-0.3, -0.25) is 4.84 Å². The molecule has 2 heterocycles. The fourth-order valence-corrected chi connectivity index (χ4v) is 4.93. The van der Waals surface area contributed by atoms with Crippen molar-refractivity contribution < 1.29 is 27.1 Å². The Morgan fingerprint density at radius 2 is 1.89 bits per heavy atom. The van der Waals surface area contributed by atoms with Crippen LogP contribution < -0.4 is 14.2 Å². The highest BCUT2D eigenvalue weighted by Gasteiger charge is 2.43. The van der Waals surface area contributed by atoms with E-state index in [-0.39, 0.29) is 18.7 Å². The molecule has 2 aliphatic rings. The highest BCUT2D eigenvalue weighted by molar-refractivity contribution is 7.90. The zero-order valence-electron chi connectivity index (χ0n) is 15.3. The van der Waals surface area contributed by atoms with E-state index in [2.05, 4.69) is 4.72 Å². The number of hydrogen-bond acceptors (Lipinski definition) is 6. The standard InChI is InChI=1S/C19H21FN2O5S/c1-22-19(13-6-7-16-17(10-13)26-9-8-25-16)18(12-27-22)28(23,24)21-11-14-4-2-3-5-15(14)20/h2-7,10,18-19,21H,8-9,11-12H2,1H3. The Labute approximate surface area is 163 Å². The van der Waals surface area contributed by atoms with Gasteiger partial charge in [-0.1, -0.05) is 24.3 Å². The molecule has 0 bridgehead atoms. The summed E-state index contributed by atoms with van der Waals surface area (Å²) in [4.78, 5) is 5.51. The number of fused-ring (bicyclic) bond motifs is 1. The molecule has 1 fully saturated rings.